The highest BCUT2D eigenvalue weighted by atomic mass is 16.2. The molecule has 0 aliphatic heterocycles. The second kappa shape index (κ2) is 16.8. The number of hydrogen-bond acceptors (Lipinski definition) is 6. The lowest BCUT2D eigenvalue weighted by atomic mass is 9.76. The monoisotopic (exact) mass is 641 g/mol. The predicted octanol–water partition coefficient (Wildman–Crippen LogP) is 4.52. The molecule has 0 heterocycles. The lowest BCUT2D eigenvalue weighted by Crippen LogP contribution is -2.53. The normalized spacial score (nSPS) is 14.0. The number of rotatable bonds is 17. The van der Waals surface area contributed by atoms with Gasteiger partial charge < -0.3 is 16.4 Å². The maximum Gasteiger partial charge on any atom is 0.289 e. The van der Waals surface area contributed by atoms with Crippen LogP contribution in [-0.4, -0.2) is 47.7 Å². The molecule has 47 heavy (non-hydrogen) atoms. The van der Waals surface area contributed by atoms with Gasteiger partial charge in [0, 0.05) is 31.1 Å². The van der Waals surface area contributed by atoms with Gasteiger partial charge in [0.05, 0.1) is 12.6 Å². The Morgan fingerprint density at radius 2 is 1.43 bits per heavy atom. The van der Waals surface area contributed by atoms with Crippen LogP contribution in [0.5, 0.6) is 0 Å². The second-order valence-corrected chi connectivity index (χ2v) is 13.5. The van der Waals surface area contributed by atoms with Crippen molar-refractivity contribution in [3.63, 3.8) is 0 Å². The third-order valence-corrected chi connectivity index (χ3v) is 8.67. The summed E-state index contributed by atoms with van der Waals surface area (Å²) in [6, 6.07) is 21.7. The van der Waals surface area contributed by atoms with Crippen molar-refractivity contribution in [2.45, 2.75) is 72.8 Å². The number of fused-ring (bicyclic) bond motifs is 1. The molecule has 0 saturated heterocycles. The van der Waals surface area contributed by atoms with Crippen LogP contribution < -0.4 is 16.4 Å². The first-order valence-corrected chi connectivity index (χ1v) is 16.2. The molecule has 0 saturated carbocycles. The van der Waals surface area contributed by atoms with Gasteiger partial charge in [0.1, 0.15) is 5.78 Å². The minimum atomic E-state index is -1.15. The van der Waals surface area contributed by atoms with Crippen LogP contribution in [0.2, 0.25) is 0 Å². The number of hydrogen-bond donors (Lipinski definition) is 3. The fourth-order valence-corrected chi connectivity index (χ4v) is 5.55. The van der Waals surface area contributed by atoms with Gasteiger partial charge in [0.15, 0.2) is 5.78 Å². The zero-order valence-electron chi connectivity index (χ0n) is 28.0. The molecule has 4 atom stereocenters. The maximum absolute atomic E-state index is 13.6. The largest absolute Gasteiger partial charge is 0.369 e. The van der Waals surface area contributed by atoms with Crippen molar-refractivity contribution in [2.75, 3.05) is 6.54 Å². The summed E-state index contributed by atoms with van der Waals surface area (Å²) in [6.45, 7) is 8.67. The Balaban J connectivity index is 1.62. The lowest BCUT2D eigenvalue weighted by Gasteiger charge is -2.32. The molecule has 0 fully saturated rings. The van der Waals surface area contributed by atoms with Crippen LogP contribution in [0.3, 0.4) is 0 Å². The van der Waals surface area contributed by atoms with Crippen molar-refractivity contribution in [3.05, 3.63) is 83.9 Å². The Kier molecular flexibility index (Phi) is 13.1. The Bertz CT molecular complexity index is 1590. The van der Waals surface area contributed by atoms with Gasteiger partial charge in [-0.3, -0.25) is 28.8 Å². The standard InChI is InChI=1S/C38H47N3O6/c1-6-24(2)33(41-36(46)32(38(3,4)5)22-30(42)20-25-12-8-7-9-13-25)34(44)37(47)40-23-31(43)21-29(35(39)45)19-26-16-17-27-14-10-11-15-28(27)18-26/h7-18,24,29,32-33H,6,19-23H2,1-5H3,(H2,39,45)(H,40,47)(H,41,46). The Morgan fingerprint density at radius 3 is 2.04 bits per heavy atom. The number of benzene rings is 3. The van der Waals surface area contributed by atoms with E-state index >= 15 is 0 Å². The van der Waals surface area contributed by atoms with Gasteiger partial charge in [-0.05, 0) is 39.7 Å². The zero-order valence-corrected chi connectivity index (χ0v) is 28.0. The van der Waals surface area contributed by atoms with E-state index in [2.05, 4.69) is 10.6 Å². The molecule has 0 aliphatic rings. The van der Waals surface area contributed by atoms with Gasteiger partial charge in [-0.1, -0.05) is 114 Å². The number of ketones is 3. The van der Waals surface area contributed by atoms with Gasteiger partial charge >= 0.3 is 0 Å². The van der Waals surface area contributed by atoms with E-state index < -0.39 is 65.0 Å². The van der Waals surface area contributed by atoms with Gasteiger partial charge in [-0.25, -0.2) is 0 Å². The number of carbonyl (C=O) groups excluding carboxylic acids is 6. The molecule has 0 aromatic heterocycles. The molecule has 0 bridgehead atoms. The third kappa shape index (κ3) is 11.0. The molecule has 0 spiro atoms. The molecule has 9 heteroatoms. The van der Waals surface area contributed by atoms with E-state index in [-0.39, 0.29) is 31.5 Å². The number of nitrogens with two attached hydrogens (primary N) is 1. The smallest absolute Gasteiger partial charge is 0.289 e. The molecule has 250 valence electrons. The van der Waals surface area contributed by atoms with E-state index in [4.69, 9.17) is 5.73 Å². The molecule has 4 N–H and O–H groups in total. The number of amides is 3. The number of Topliss-reactive ketones (excluding diaryl/α,β-unsaturated/α-hetero) is 3. The first-order chi connectivity index (χ1) is 22.2. The van der Waals surface area contributed by atoms with Gasteiger partial charge in [0.2, 0.25) is 17.6 Å². The summed E-state index contributed by atoms with van der Waals surface area (Å²) < 4.78 is 0. The quantitative estimate of drug-likeness (QED) is 0.184. The highest BCUT2D eigenvalue weighted by molar-refractivity contribution is 6.38. The molecule has 9 nitrogen and oxygen atoms in total. The van der Waals surface area contributed by atoms with E-state index in [1.165, 1.54) is 0 Å². The number of primary amides is 1. The van der Waals surface area contributed by atoms with Crippen LogP contribution in [-0.2, 0) is 41.6 Å². The van der Waals surface area contributed by atoms with Crippen molar-refractivity contribution >= 4 is 45.8 Å². The summed E-state index contributed by atoms with van der Waals surface area (Å²) >= 11 is 0. The summed E-state index contributed by atoms with van der Waals surface area (Å²) in [5, 5.41) is 7.17. The topological polar surface area (TPSA) is 152 Å². The molecule has 3 rings (SSSR count). The maximum atomic E-state index is 13.6. The highest BCUT2D eigenvalue weighted by Gasteiger charge is 2.38. The lowest BCUT2D eigenvalue weighted by molar-refractivity contribution is -0.142. The Morgan fingerprint density at radius 1 is 0.787 bits per heavy atom. The van der Waals surface area contributed by atoms with Gasteiger partial charge in [-0.2, -0.15) is 0 Å². The van der Waals surface area contributed by atoms with E-state index in [1.54, 1.807) is 6.92 Å². The Labute approximate surface area is 277 Å². The minimum absolute atomic E-state index is 0.0213. The SMILES string of the molecule is CCC(C)C(NC(=O)C(CC(=O)Cc1ccccc1)C(C)(C)C)C(=O)C(=O)NCC(=O)CC(Cc1ccc2ccccc2c1)C(N)=O. The van der Waals surface area contributed by atoms with Crippen LogP contribution in [0, 0.1) is 23.2 Å². The summed E-state index contributed by atoms with van der Waals surface area (Å²) in [7, 11) is 0. The zero-order chi connectivity index (χ0) is 34.7. The number of nitrogens with one attached hydrogen (secondary N) is 2. The van der Waals surface area contributed by atoms with Crippen molar-refractivity contribution in [1.29, 1.82) is 0 Å². The van der Waals surface area contributed by atoms with Crippen LogP contribution >= 0.6 is 0 Å². The van der Waals surface area contributed by atoms with Crippen LogP contribution in [0.4, 0.5) is 0 Å². The Hall–Kier alpha value is -4.66. The van der Waals surface area contributed by atoms with Gasteiger partial charge in [0.25, 0.3) is 5.91 Å². The highest BCUT2D eigenvalue weighted by Crippen LogP contribution is 2.30. The first kappa shape index (κ1) is 36.8. The van der Waals surface area contributed by atoms with E-state index in [9.17, 15) is 28.8 Å². The molecular formula is C38H47N3O6. The molecule has 3 amide bonds. The molecule has 0 radical (unpaired) electrons. The second-order valence-electron chi connectivity index (χ2n) is 13.5. The molecule has 3 aromatic rings. The van der Waals surface area contributed by atoms with Crippen molar-refractivity contribution in [1.82, 2.24) is 10.6 Å². The molecular weight excluding hydrogens is 594 g/mol. The predicted molar refractivity (Wildman–Crippen MR) is 182 cm³/mol. The summed E-state index contributed by atoms with van der Waals surface area (Å²) in [5.41, 5.74) is 6.71. The average Bonchev–Trinajstić information content (AvgIpc) is 3.03. The van der Waals surface area contributed by atoms with Crippen molar-refractivity contribution < 1.29 is 28.8 Å². The summed E-state index contributed by atoms with van der Waals surface area (Å²) in [6.07, 6.45) is 0.706. The van der Waals surface area contributed by atoms with Crippen LogP contribution in [0.25, 0.3) is 10.8 Å². The fraction of sp³-hybridized carbons (Fsp3) is 0.421. The van der Waals surface area contributed by atoms with E-state index in [0.29, 0.717) is 6.42 Å². The fourth-order valence-electron chi connectivity index (χ4n) is 5.55. The molecule has 3 aromatic carbocycles. The van der Waals surface area contributed by atoms with E-state index in [0.717, 1.165) is 21.9 Å². The van der Waals surface area contributed by atoms with Crippen LogP contribution in [0.15, 0.2) is 72.8 Å². The first-order valence-electron chi connectivity index (χ1n) is 16.2. The van der Waals surface area contributed by atoms with Crippen molar-refractivity contribution in [2.24, 2.45) is 28.9 Å². The summed E-state index contributed by atoms with van der Waals surface area (Å²) in [5.74, 6) is -5.50. The minimum Gasteiger partial charge on any atom is -0.369 e. The average molecular weight is 642 g/mol. The van der Waals surface area contributed by atoms with Crippen LogP contribution in [0.1, 0.15) is 65.0 Å². The van der Waals surface area contributed by atoms with Crippen molar-refractivity contribution in [3.8, 4) is 0 Å². The van der Waals surface area contributed by atoms with E-state index in [1.807, 2.05) is 100 Å². The number of carbonyl (C=O) groups is 6. The third-order valence-electron chi connectivity index (χ3n) is 8.67. The van der Waals surface area contributed by atoms with Gasteiger partial charge in [-0.15, -0.1) is 0 Å². The molecule has 0 aliphatic carbocycles. The summed E-state index contributed by atoms with van der Waals surface area (Å²) in [4.78, 5) is 77.8. The molecule has 4 unspecified atom stereocenters.